The van der Waals surface area contributed by atoms with Crippen LogP contribution in [0.25, 0.3) is 10.7 Å². The Kier molecular flexibility index (Phi) is 4.20. The zero-order valence-corrected chi connectivity index (χ0v) is 12.2. The maximum atomic E-state index is 12.7. The number of nitrogens with zero attached hydrogens (tertiary/aromatic N) is 2. The number of aromatic nitrogens is 2. The van der Waals surface area contributed by atoms with E-state index in [-0.39, 0.29) is 5.56 Å². The summed E-state index contributed by atoms with van der Waals surface area (Å²) in [6, 6.07) is 9.38. The number of allylic oxidation sites excluding steroid dienone is 2. The summed E-state index contributed by atoms with van der Waals surface area (Å²) in [5.74, 6) is 0.630. The van der Waals surface area contributed by atoms with Gasteiger partial charge in [-0.1, -0.05) is 42.5 Å². The third kappa shape index (κ3) is 2.58. The summed E-state index contributed by atoms with van der Waals surface area (Å²) in [7, 11) is 0. The van der Waals surface area contributed by atoms with Crippen molar-refractivity contribution < 1.29 is 0 Å². The van der Waals surface area contributed by atoms with Crippen molar-refractivity contribution >= 4 is 16.6 Å². The van der Waals surface area contributed by atoms with E-state index < -0.39 is 0 Å². The van der Waals surface area contributed by atoms with E-state index in [0.29, 0.717) is 22.1 Å². The summed E-state index contributed by atoms with van der Waals surface area (Å²) >= 11 is 6.17. The predicted octanol–water partition coefficient (Wildman–Crippen LogP) is 3.62. The van der Waals surface area contributed by atoms with Crippen LogP contribution in [0.1, 0.15) is 17.1 Å². The molecule has 0 aliphatic carbocycles. The lowest BCUT2D eigenvalue weighted by molar-refractivity contribution is 0.848. The summed E-state index contributed by atoms with van der Waals surface area (Å²) in [4.78, 5) is 17.1. The molecule has 0 amide bonds. The number of para-hydroxylation sites is 1. The Morgan fingerprint density at radius 1 is 1.30 bits per heavy atom. The minimum atomic E-state index is -0.177. The van der Waals surface area contributed by atoms with Gasteiger partial charge in [0.05, 0.1) is 22.0 Å². The van der Waals surface area contributed by atoms with Crippen molar-refractivity contribution in [1.29, 1.82) is 0 Å². The Hall–Kier alpha value is -2.13. The Morgan fingerprint density at radius 3 is 2.55 bits per heavy atom. The first-order chi connectivity index (χ1) is 9.56. The SMILES string of the molecule is C=C/C=C(/Cl)c1c(C)nc(C)n(-c2ccccc2)c1=O. The first-order valence-corrected chi connectivity index (χ1v) is 6.58. The molecule has 102 valence electrons. The lowest BCUT2D eigenvalue weighted by atomic mass is 10.2. The van der Waals surface area contributed by atoms with Crippen LogP contribution in [0.5, 0.6) is 0 Å². The van der Waals surface area contributed by atoms with Crippen LogP contribution < -0.4 is 5.56 Å². The fourth-order valence-corrected chi connectivity index (χ4v) is 2.41. The molecular formula is C16H15ClN2O. The molecule has 0 bridgehead atoms. The van der Waals surface area contributed by atoms with Crippen molar-refractivity contribution in [2.24, 2.45) is 0 Å². The van der Waals surface area contributed by atoms with Gasteiger partial charge in [-0.2, -0.15) is 0 Å². The van der Waals surface area contributed by atoms with Gasteiger partial charge in [-0.05, 0) is 32.1 Å². The summed E-state index contributed by atoms with van der Waals surface area (Å²) < 4.78 is 1.56. The van der Waals surface area contributed by atoms with E-state index in [2.05, 4.69) is 11.6 Å². The van der Waals surface area contributed by atoms with Gasteiger partial charge in [0, 0.05) is 0 Å². The van der Waals surface area contributed by atoms with Crippen LogP contribution in [0, 0.1) is 13.8 Å². The molecule has 0 fully saturated rings. The smallest absolute Gasteiger partial charge is 0.267 e. The lowest BCUT2D eigenvalue weighted by Crippen LogP contribution is -2.26. The van der Waals surface area contributed by atoms with E-state index >= 15 is 0 Å². The monoisotopic (exact) mass is 286 g/mol. The van der Waals surface area contributed by atoms with E-state index in [4.69, 9.17) is 11.6 Å². The molecule has 1 aromatic carbocycles. The summed E-state index contributed by atoms with van der Waals surface area (Å²) in [5.41, 5.74) is 1.61. The molecule has 2 rings (SSSR count). The Morgan fingerprint density at radius 2 is 1.95 bits per heavy atom. The van der Waals surface area contributed by atoms with E-state index in [0.717, 1.165) is 5.69 Å². The zero-order chi connectivity index (χ0) is 14.7. The molecule has 0 atom stereocenters. The second kappa shape index (κ2) is 5.88. The van der Waals surface area contributed by atoms with Gasteiger partial charge in [-0.25, -0.2) is 4.98 Å². The van der Waals surface area contributed by atoms with Gasteiger partial charge in [0.25, 0.3) is 5.56 Å². The maximum Gasteiger partial charge on any atom is 0.267 e. The molecule has 0 N–H and O–H groups in total. The summed E-state index contributed by atoms with van der Waals surface area (Å²) in [6.07, 6.45) is 3.14. The third-order valence-electron chi connectivity index (χ3n) is 2.95. The fraction of sp³-hybridized carbons (Fsp3) is 0.125. The van der Waals surface area contributed by atoms with E-state index in [1.807, 2.05) is 30.3 Å². The van der Waals surface area contributed by atoms with E-state index in [9.17, 15) is 4.79 Å². The van der Waals surface area contributed by atoms with Gasteiger partial charge in [-0.15, -0.1) is 0 Å². The van der Waals surface area contributed by atoms with Crippen LogP contribution in [-0.2, 0) is 0 Å². The van der Waals surface area contributed by atoms with Crippen molar-refractivity contribution in [2.75, 3.05) is 0 Å². The van der Waals surface area contributed by atoms with Gasteiger partial charge in [0.1, 0.15) is 5.82 Å². The van der Waals surface area contributed by atoms with Gasteiger partial charge in [-0.3, -0.25) is 9.36 Å². The normalized spacial score (nSPS) is 11.4. The van der Waals surface area contributed by atoms with Gasteiger partial charge in [0.2, 0.25) is 0 Å². The molecular weight excluding hydrogens is 272 g/mol. The molecule has 0 saturated carbocycles. The third-order valence-corrected chi connectivity index (χ3v) is 3.26. The highest BCUT2D eigenvalue weighted by Gasteiger charge is 2.15. The largest absolute Gasteiger partial charge is 0.268 e. The molecule has 0 unspecified atom stereocenters. The highest BCUT2D eigenvalue weighted by Crippen LogP contribution is 2.19. The molecule has 0 spiro atoms. The highest BCUT2D eigenvalue weighted by molar-refractivity contribution is 6.49. The van der Waals surface area contributed by atoms with Crippen LogP contribution in [-0.4, -0.2) is 9.55 Å². The molecule has 0 aliphatic rings. The van der Waals surface area contributed by atoms with Crippen molar-refractivity contribution in [3.05, 3.63) is 76.5 Å². The van der Waals surface area contributed by atoms with E-state index in [1.54, 1.807) is 30.6 Å². The Labute approximate surface area is 122 Å². The molecule has 2 aromatic rings. The maximum absolute atomic E-state index is 12.7. The van der Waals surface area contributed by atoms with Crippen LogP contribution >= 0.6 is 11.6 Å². The summed E-state index contributed by atoms with van der Waals surface area (Å²) in [5, 5.41) is 0.347. The van der Waals surface area contributed by atoms with Crippen LogP contribution in [0.4, 0.5) is 0 Å². The van der Waals surface area contributed by atoms with Gasteiger partial charge in [0.15, 0.2) is 0 Å². The van der Waals surface area contributed by atoms with Crippen LogP contribution in [0.2, 0.25) is 0 Å². The van der Waals surface area contributed by atoms with Crippen LogP contribution in [0.15, 0.2) is 53.9 Å². The first-order valence-electron chi connectivity index (χ1n) is 6.20. The topological polar surface area (TPSA) is 34.9 Å². The van der Waals surface area contributed by atoms with E-state index in [1.165, 1.54) is 0 Å². The quantitative estimate of drug-likeness (QED) is 0.808. The standard InChI is InChI=1S/C16H15ClN2O/c1-4-8-14(17)15-11(2)18-12(3)19(16(15)20)13-9-6-5-7-10-13/h4-10H,1H2,2-3H3/b14-8+. The molecule has 3 nitrogen and oxygen atoms in total. The summed E-state index contributed by atoms with van der Waals surface area (Å²) in [6.45, 7) is 7.17. The molecule has 20 heavy (non-hydrogen) atoms. The molecule has 0 aliphatic heterocycles. The lowest BCUT2D eigenvalue weighted by Gasteiger charge is -2.13. The molecule has 0 saturated heterocycles. The number of hydrogen-bond acceptors (Lipinski definition) is 2. The number of hydrogen-bond donors (Lipinski definition) is 0. The second-order valence-corrected chi connectivity index (χ2v) is 4.75. The predicted molar refractivity (Wildman–Crippen MR) is 83.3 cm³/mol. The van der Waals surface area contributed by atoms with Crippen molar-refractivity contribution in [1.82, 2.24) is 9.55 Å². The first kappa shape index (κ1) is 14.3. The van der Waals surface area contributed by atoms with Gasteiger partial charge < -0.3 is 0 Å². The van der Waals surface area contributed by atoms with Gasteiger partial charge >= 0.3 is 0 Å². The number of benzene rings is 1. The molecule has 1 aromatic heterocycles. The highest BCUT2D eigenvalue weighted by atomic mass is 35.5. The minimum Gasteiger partial charge on any atom is -0.268 e. The molecule has 0 radical (unpaired) electrons. The van der Waals surface area contributed by atoms with Crippen molar-refractivity contribution in [3.8, 4) is 5.69 Å². The molecule has 4 heteroatoms. The Balaban J connectivity index is 2.78. The number of rotatable bonds is 3. The van der Waals surface area contributed by atoms with Crippen molar-refractivity contribution in [3.63, 3.8) is 0 Å². The Bertz CT molecular complexity index is 730. The van der Waals surface area contributed by atoms with Crippen LogP contribution in [0.3, 0.4) is 0 Å². The van der Waals surface area contributed by atoms with Crippen molar-refractivity contribution in [2.45, 2.75) is 13.8 Å². The number of aryl methyl sites for hydroxylation is 2. The fourth-order valence-electron chi connectivity index (χ4n) is 2.11. The average Bonchev–Trinajstić information content (AvgIpc) is 2.39. The number of halogens is 1. The second-order valence-electron chi connectivity index (χ2n) is 4.35. The molecule has 1 heterocycles. The zero-order valence-electron chi connectivity index (χ0n) is 11.4. The average molecular weight is 287 g/mol. The minimum absolute atomic E-state index is 0.177.